The van der Waals surface area contributed by atoms with Crippen LogP contribution in [0.15, 0.2) is 4.99 Å². The number of hydrogen-bond acceptors (Lipinski definition) is 3. The van der Waals surface area contributed by atoms with Crippen molar-refractivity contribution in [2.75, 3.05) is 12.3 Å². The molecular formula is C13H20N2S. The van der Waals surface area contributed by atoms with E-state index >= 15 is 0 Å². The SMILES string of the molecule is CC1CN=C(NC2C3C4CCC(C4)C23)SC1. The highest BCUT2D eigenvalue weighted by Crippen LogP contribution is 2.65. The summed E-state index contributed by atoms with van der Waals surface area (Å²) in [5.41, 5.74) is 0. The van der Waals surface area contributed by atoms with Gasteiger partial charge >= 0.3 is 0 Å². The van der Waals surface area contributed by atoms with Crippen molar-refractivity contribution >= 4 is 16.9 Å². The van der Waals surface area contributed by atoms with Gasteiger partial charge in [-0.25, -0.2) is 0 Å². The number of nitrogens with zero attached hydrogens (tertiary/aromatic N) is 1. The highest BCUT2D eigenvalue weighted by atomic mass is 32.2. The van der Waals surface area contributed by atoms with Gasteiger partial charge in [0, 0.05) is 18.3 Å². The van der Waals surface area contributed by atoms with Gasteiger partial charge in [0.1, 0.15) is 0 Å². The second-order valence-electron chi connectivity index (χ2n) is 6.22. The molecule has 5 atom stereocenters. The average molecular weight is 236 g/mol. The van der Waals surface area contributed by atoms with E-state index in [1.165, 1.54) is 23.8 Å². The summed E-state index contributed by atoms with van der Waals surface area (Å²) < 4.78 is 0. The molecule has 4 aliphatic rings. The monoisotopic (exact) mass is 236 g/mol. The van der Waals surface area contributed by atoms with Crippen LogP contribution in [-0.4, -0.2) is 23.5 Å². The smallest absolute Gasteiger partial charge is 0.156 e. The summed E-state index contributed by atoms with van der Waals surface area (Å²) in [5, 5.41) is 4.98. The Morgan fingerprint density at radius 2 is 2.00 bits per heavy atom. The van der Waals surface area contributed by atoms with Gasteiger partial charge < -0.3 is 5.32 Å². The zero-order valence-electron chi connectivity index (χ0n) is 9.86. The van der Waals surface area contributed by atoms with Crippen LogP contribution >= 0.6 is 11.8 Å². The van der Waals surface area contributed by atoms with Crippen molar-refractivity contribution in [3.05, 3.63) is 0 Å². The van der Waals surface area contributed by atoms with Gasteiger partial charge in [-0.2, -0.15) is 0 Å². The molecule has 0 aromatic rings. The molecule has 3 heteroatoms. The Morgan fingerprint density at radius 1 is 1.25 bits per heavy atom. The predicted octanol–water partition coefficient (Wildman–Crippen LogP) is 2.36. The Hall–Kier alpha value is -0.180. The first kappa shape index (κ1) is 9.81. The molecule has 0 aromatic carbocycles. The van der Waals surface area contributed by atoms with E-state index in [9.17, 15) is 0 Å². The Bertz CT molecular complexity index is 325. The molecule has 3 saturated carbocycles. The van der Waals surface area contributed by atoms with Crippen LogP contribution in [0.3, 0.4) is 0 Å². The number of thioether (sulfide) groups is 1. The lowest BCUT2D eigenvalue weighted by Gasteiger charge is -2.19. The maximum atomic E-state index is 4.66. The van der Waals surface area contributed by atoms with Crippen molar-refractivity contribution in [1.82, 2.24) is 5.32 Å². The number of nitrogens with one attached hydrogen (secondary N) is 1. The van der Waals surface area contributed by atoms with Crippen molar-refractivity contribution in [1.29, 1.82) is 0 Å². The minimum absolute atomic E-state index is 0.769. The Labute approximate surface area is 102 Å². The van der Waals surface area contributed by atoms with Gasteiger partial charge in [0.15, 0.2) is 5.17 Å². The number of amidine groups is 1. The van der Waals surface area contributed by atoms with Crippen molar-refractivity contribution in [2.45, 2.75) is 32.2 Å². The van der Waals surface area contributed by atoms with E-state index in [-0.39, 0.29) is 0 Å². The zero-order valence-corrected chi connectivity index (χ0v) is 10.7. The molecule has 2 bridgehead atoms. The number of fused-ring (bicyclic) bond motifs is 5. The Morgan fingerprint density at radius 3 is 2.62 bits per heavy atom. The van der Waals surface area contributed by atoms with Crippen LogP contribution in [0.1, 0.15) is 26.2 Å². The van der Waals surface area contributed by atoms with Gasteiger partial charge in [-0.05, 0) is 48.9 Å². The summed E-state index contributed by atoms with van der Waals surface area (Å²) in [4.78, 5) is 4.66. The van der Waals surface area contributed by atoms with E-state index in [2.05, 4.69) is 17.2 Å². The molecule has 3 aliphatic carbocycles. The first-order valence-electron chi connectivity index (χ1n) is 6.76. The molecular weight excluding hydrogens is 216 g/mol. The summed E-state index contributed by atoms with van der Waals surface area (Å²) in [7, 11) is 0. The Balaban J connectivity index is 1.40. The zero-order chi connectivity index (χ0) is 10.7. The van der Waals surface area contributed by atoms with E-state index in [0.29, 0.717) is 0 Å². The largest absolute Gasteiger partial charge is 0.362 e. The lowest BCUT2D eigenvalue weighted by atomic mass is 10.0. The first-order valence-corrected chi connectivity index (χ1v) is 7.75. The standard InChI is InChI=1S/C13H20N2S/c1-7-5-14-13(16-6-7)15-12-10-8-2-3-9(4-8)11(10)12/h7-12H,2-6H2,1H3,(H,14,15). The molecule has 0 radical (unpaired) electrons. The second-order valence-corrected chi connectivity index (χ2v) is 7.23. The summed E-state index contributed by atoms with van der Waals surface area (Å²) in [6.45, 7) is 3.32. The van der Waals surface area contributed by atoms with Gasteiger partial charge in [-0.15, -0.1) is 0 Å². The third-order valence-corrected chi connectivity index (χ3v) is 6.33. The number of aliphatic imine (C=N–C) groups is 1. The molecule has 0 spiro atoms. The molecule has 0 amide bonds. The quantitative estimate of drug-likeness (QED) is 0.756. The summed E-state index contributed by atoms with van der Waals surface area (Å²) in [5.74, 6) is 6.22. The average Bonchev–Trinajstić information content (AvgIpc) is 2.72. The molecule has 1 heterocycles. The highest BCUT2D eigenvalue weighted by Gasteiger charge is 2.65. The first-order chi connectivity index (χ1) is 7.83. The molecule has 16 heavy (non-hydrogen) atoms. The van der Waals surface area contributed by atoms with E-state index in [1.54, 1.807) is 6.42 Å². The normalized spacial score (nSPS) is 53.4. The molecule has 88 valence electrons. The molecule has 5 unspecified atom stereocenters. The minimum Gasteiger partial charge on any atom is -0.362 e. The van der Waals surface area contributed by atoms with Crippen LogP contribution in [0.5, 0.6) is 0 Å². The van der Waals surface area contributed by atoms with Crippen molar-refractivity contribution in [3.63, 3.8) is 0 Å². The summed E-state index contributed by atoms with van der Waals surface area (Å²) >= 11 is 1.94. The van der Waals surface area contributed by atoms with Crippen LogP contribution < -0.4 is 5.32 Å². The van der Waals surface area contributed by atoms with Gasteiger partial charge in [0.05, 0.1) is 0 Å². The third kappa shape index (κ3) is 1.36. The van der Waals surface area contributed by atoms with Gasteiger partial charge in [-0.1, -0.05) is 18.7 Å². The lowest BCUT2D eigenvalue weighted by molar-refractivity contribution is 0.456. The fourth-order valence-corrected chi connectivity index (χ4v) is 5.24. The van der Waals surface area contributed by atoms with E-state index < -0.39 is 0 Å². The molecule has 2 nitrogen and oxygen atoms in total. The fourth-order valence-electron chi connectivity index (χ4n) is 4.31. The fraction of sp³-hybridized carbons (Fsp3) is 0.923. The maximum Gasteiger partial charge on any atom is 0.156 e. The van der Waals surface area contributed by atoms with Crippen LogP contribution in [0.2, 0.25) is 0 Å². The van der Waals surface area contributed by atoms with Crippen LogP contribution in [0.4, 0.5) is 0 Å². The van der Waals surface area contributed by atoms with Crippen molar-refractivity contribution in [2.24, 2.45) is 34.6 Å². The van der Waals surface area contributed by atoms with Crippen molar-refractivity contribution in [3.8, 4) is 0 Å². The molecule has 1 aliphatic heterocycles. The number of hydrogen-bond donors (Lipinski definition) is 1. The van der Waals surface area contributed by atoms with Crippen LogP contribution in [0.25, 0.3) is 0 Å². The van der Waals surface area contributed by atoms with Gasteiger partial charge in [0.25, 0.3) is 0 Å². The van der Waals surface area contributed by atoms with E-state index in [0.717, 1.165) is 42.2 Å². The van der Waals surface area contributed by atoms with Crippen LogP contribution in [0, 0.1) is 29.6 Å². The Kier molecular flexibility index (Phi) is 2.09. The molecule has 1 N–H and O–H groups in total. The highest BCUT2D eigenvalue weighted by molar-refractivity contribution is 8.13. The maximum absolute atomic E-state index is 4.66. The van der Waals surface area contributed by atoms with Gasteiger partial charge in [0.2, 0.25) is 0 Å². The predicted molar refractivity (Wildman–Crippen MR) is 68.7 cm³/mol. The van der Waals surface area contributed by atoms with Gasteiger partial charge in [-0.3, -0.25) is 4.99 Å². The molecule has 3 fully saturated rings. The molecule has 0 saturated heterocycles. The second kappa shape index (κ2) is 3.41. The van der Waals surface area contributed by atoms with E-state index in [4.69, 9.17) is 0 Å². The van der Waals surface area contributed by atoms with Crippen LogP contribution in [-0.2, 0) is 0 Å². The lowest BCUT2D eigenvalue weighted by Crippen LogP contribution is -2.31. The topological polar surface area (TPSA) is 24.4 Å². The van der Waals surface area contributed by atoms with Crippen molar-refractivity contribution < 1.29 is 0 Å². The summed E-state index contributed by atoms with van der Waals surface area (Å²) in [6, 6.07) is 0.811. The third-order valence-electron chi connectivity index (χ3n) is 5.08. The number of rotatable bonds is 1. The van der Waals surface area contributed by atoms with E-state index in [1.807, 2.05) is 11.8 Å². The molecule has 4 rings (SSSR count). The molecule has 0 aromatic heterocycles. The summed E-state index contributed by atoms with van der Waals surface area (Å²) in [6.07, 6.45) is 4.57. The minimum atomic E-state index is 0.769.